The Hall–Kier alpha value is -2.12. The molecule has 19 heavy (non-hydrogen) atoms. The fourth-order valence-electron chi connectivity index (χ4n) is 2.76. The average Bonchev–Trinajstić information content (AvgIpc) is 2.46. The van der Waals surface area contributed by atoms with Gasteiger partial charge in [0.05, 0.1) is 16.8 Å². The van der Waals surface area contributed by atoms with Crippen LogP contribution in [-0.2, 0) is 0 Å². The third kappa shape index (κ3) is 2.13. The van der Waals surface area contributed by atoms with Crippen molar-refractivity contribution in [3.05, 3.63) is 36.0 Å². The second-order valence-corrected chi connectivity index (χ2v) is 5.00. The van der Waals surface area contributed by atoms with E-state index >= 15 is 0 Å². The number of fused-ring (bicyclic) bond motifs is 1. The molecule has 1 aliphatic heterocycles. The van der Waals surface area contributed by atoms with E-state index in [0.29, 0.717) is 5.56 Å². The molecule has 2 N–H and O–H groups in total. The second kappa shape index (κ2) is 4.87. The van der Waals surface area contributed by atoms with Gasteiger partial charge in [-0.1, -0.05) is 18.2 Å². The third-order valence-corrected chi connectivity index (χ3v) is 3.64. The molecule has 4 nitrogen and oxygen atoms in total. The van der Waals surface area contributed by atoms with Crippen LogP contribution in [0.3, 0.4) is 0 Å². The molecule has 4 heteroatoms. The molecular weight excluding hydrogens is 236 g/mol. The number of anilines is 1. The normalized spacial score (nSPS) is 19.4. The Balaban J connectivity index is 2.17. The van der Waals surface area contributed by atoms with Crippen LogP contribution in [-0.4, -0.2) is 24.1 Å². The summed E-state index contributed by atoms with van der Waals surface area (Å²) in [5, 5.41) is 10.4. The van der Waals surface area contributed by atoms with E-state index in [9.17, 15) is 5.26 Å². The van der Waals surface area contributed by atoms with Gasteiger partial charge in [-0.25, -0.2) is 0 Å². The zero-order chi connectivity index (χ0) is 13.2. The van der Waals surface area contributed by atoms with Crippen LogP contribution in [0.2, 0.25) is 0 Å². The molecule has 0 spiro atoms. The Morgan fingerprint density at radius 1 is 1.37 bits per heavy atom. The molecule has 0 bridgehead atoms. The first-order chi connectivity index (χ1) is 9.29. The minimum Gasteiger partial charge on any atom is -0.368 e. The molecule has 2 heterocycles. The maximum absolute atomic E-state index is 9.33. The van der Waals surface area contributed by atoms with Gasteiger partial charge in [-0.15, -0.1) is 0 Å². The molecule has 1 atom stereocenters. The molecule has 0 saturated carbocycles. The predicted molar refractivity (Wildman–Crippen MR) is 75.9 cm³/mol. The summed E-state index contributed by atoms with van der Waals surface area (Å²) in [5.41, 5.74) is 8.61. The largest absolute Gasteiger partial charge is 0.368 e. The van der Waals surface area contributed by atoms with Gasteiger partial charge in [0.15, 0.2) is 0 Å². The molecule has 1 aliphatic rings. The Bertz CT molecular complexity index is 644. The highest BCUT2D eigenvalue weighted by atomic mass is 15.2. The van der Waals surface area contributed by atoms with Crippen molar-refractivity contribution < 1.29 is 0 Å². The molecule has 0 aliphatic carbocycles. The van der Waals surface area contributed by atoms with E-state index < -0.39 is 0 Å². The Kier molecular flexibility index (Phi) is 3.06. The SMILES string of the molecule is N#Cc1cnc2ccccc2c1N1CCC[C@@H](N)C1. The Labute approximate surface area is 112 Å². The van der Waals surface area contributed by atoms with Crippen LogP contribution in [0.5, 0.6) is 0 Å². The molecule has 1 fully saturated rings. The lowest BCUT2D eigenvalue weighted by molar-refractivity contribution is 0.506. The lowest BCUT2D eigenvalue weighted by Gasteiger charge is -2.33. The summed E-state index contributed by atoms with van der Waals surface area (Å²) < 4.78 is 0. The van der Waals surface area contributed by atoms with Gasteiger partial charge >= 0.3 is 0 Å². The van der Waals surface area contributed by atoms with Crippen LogP contribution < -0.4 is 10.6 Å². The molecule has 2 aromatic rings. The van der Waals surface area contributed by atoms with Gasteiger partial charge in [0.2, 0.25) is 0 Å². The number of nitriles is 1. The highest BCUT2D eigenvalue weighted by Gasteiger charge is 2.21. The van der Waals surface area contributed by atoms with E-state index in [4.69, 9.17) is 5.73 Å². The minimum absolute atomic E-state index is 0.187. The first-order valence-corrected chi connectivity index (χ1v) is 6.58. The van der Waals surface area contributed by atoms with Crippen LogP contribution in [0, 0.1) is 11.3 Å². The second-order valence-electron chi connectivity index (χ2n) is 5.00. The highest BCUT2D eigenvalue weighted by molar-refractivity contribution is 5.94. The summed E-state index contributed by atoms with van der Waals surface area (Å²) in [6.07, 6.45) is 3.79. The first-order valence-electron chi connectivity index (χ1n) is 6.58. The molecule has 1 saturated heterocycles. The van der Waals surface area contributed by atoms with Crippen molar-refractivity contribution in [1.29, 1.82) is 5.26 Å². The lowest BCUT2D eigenvalue weighted by atomic mass is 10.0. The zero-order valence-corrected chi connectivity index (χ0v) is 10.7. The third-order valence-electron chi connectivity index (χ3n) is 3.64. The number of aromatic nitrogens is 1. The van der Waals surface area contributed by atoms with E-state index in [1.165, 1.54) is 0 Å². The molecule has 0 radical (unpaired) electrons. The van der Waals surface area contributed by atoms with Crippen molar-refractivity contribution >= 4 is 16.6 Å². The van der Waals surface area contributed by atoms with Gasteiger partial charge in [0.1, 0.15) is 6.07 Å². The van der Waals surface area contributed by atoms with Gasteiger partial charge in [-0.05, 0) is 18.9 Å². The molecule has 0 unspecified atom stereocenters. The number of hydrogen-bond acceptors (Lipinski definition) is 4. The Morgan fingerprint density at radius 2 is 2.21 bits per heavy atom. The number of piperidine rings is 1. The fourth-order valence-corrected chi connectivity index (χ4v) is 2.76. The number of benzene rings is 1. The predicted octanol–water partition coefficient (Wildman–Crippen LogP) is 2.03. The molecule has 1 aromatic heterocycles. The number of para-hydroxylation sites is 1. The van der Waals surface area contributed by atoms with Gasteiger partial charge in [0, 0.05) is 30.7 Å². The Morgan fingerprint density at radius 3 is 3.00 bits per heavy atom. The number of rotatable bonds is 1. The maximum atomic E-state index is 9.33. The van der Waals surface area contributed by atoms with Crippen LogP contribution in [0.15, 0.2) is 30.5 Å². The monoisotopic (exact) mass is 252 g/mol. The van der Waals surface area contributed by atoms with Crippen molar-refractivity contribution in [2.45, 2.75) is 18.9 Å². The van der Waals surface area contributed by atoms with E-state index in [1.54, 1.807) is 6.20 Å². The van der Waals surface area contributed by atoms with Crippen molar-refractivity contribution in [3.8, 4) is 6.07 Å². The summed E-state index contributed by atoms with van der Waals surface area (Å²) in [6, 6.07) is 10.4. The summed E-state index contributed by atoms with van der Waals surface area (Å²) in [6.45, 7) is 1.76. The summed E-state index contributed by atoms with van der Waals surface area (Å²) in [4.78, 5) is 6.58. The van der Waals surface area contributed by atoms with Crippen molar-refractivity contribution in [2.24, 2.45) is 5.73 Å². The van der Waals surface area contributed by atoms with Gasteiger partial charge < -0.3 is 10.6 Å². The number of pyridine rings is 1. The topological polar surface area (TPSA) is 65.9 Å². The zero-order valence-electron chi connectivity index (χ0n) is 10.7. The van der Waals surface area contributed by atoms with Crippen LogP contribution >= 0.6 is 0 Å². The fraction of sp³-hybridized carbons (Fsp3) is 0.333. The summed E-state index contributed by atoms with van der Waals surface area (Å²) in [5.74, 6) is 0. The van der Waals surface area contributed by atoms with Crippen LogP contribution in [0.1, 0.15) is 18.4 Å². The minimum atomic E-state index is 0.187. The number of nitrogens with two attached hydrogens (primary N) is 1. The van der Waals surface area contributed by atoms with Crippen LogP contribution in [0.4, 0.5) is 5.69 Å². The van der Waals surface area contributed by atoms with Gasteiger partial charge in [-0.2, -0.15) is 5.26 Å². The molecule has 0 amide bonds. The van der Waals surface area contributed by atoms with Crippen molar-refractivity contribution in [3.63, 3.8) is 0 Å². The molecule has 3 rings (SSSR count). The quantitative estimate of drug-likeness (QED) is 0.843. The van der Waals surface area contributed by atoms with E-state index in [1.807, 2.05) is 24.3 Å². The van der Waals surface area contributed by atoms with E-state index in [2.05, 4.69) is 16.0 Å². The number of nitrogens with zero attached hydrogens (tertiary/aromatic N) is 3. The molecular formula is C15H16N4. The first kappa shape index (κ1) is 11.9. The smallest absolute Gasteiger partial charge is 0.103 e. The molecule has 96 valence electrons. The highest BCUT2D eigenvalue weighted by Crippen LogP contribution is 2.30. The average molecular weight is 252 g/mol. The van der Waals surface area contributed by atoms with Gasteiger partial charge in [0.25, 0.3) is 0 Å². The van der Waals surface area contributed by atoms with Crippen molar-refractivity contribution in [1.82, 2.24) is 4.98 Å². The lowest BCUT2D eigenvalue weighted by Crippen LogP contribution is -2.43. The standard InChI is InChI=1S/C15H16N4/c16-8-11-9-18-14-6-2-1-5-13(14)15(11)19-7-3-4-12(17)10-19/h1-2,5-6,9,12H,3-4,7,10,17H2/t12-/m1/s1. The van der Waals surface area contributed by atoms with Gasteiger partial charge in [-0.3, -0.25) is 4.98 Å². The molecule has 1 aromatic carbocycles. The number of hydrogen-bond donors (Lipinski definition) is 1. The van der Waals surface area contributed by atoms with E-state index in [-0.39, 0.29) is 6.04 Å². The maximum Gasteiger partial charge on any atom is 0.103 e. The van der Waals surface area contributed by atoms with Crippen LogP contribution in [0.25, 0.3) is 10.9 Å². The van der Waals surface area contributed by atoms with E-state index in [0.717, 1.165) is 42.5 Å². The summed E-state index contributed by atoms with van der Waals surface area (Å²) in [7, 11) is 0. The van der Waals surface area contributed by atoms with Crippen molar-refractivity contribution in [2.75, 3.05) is 18.0 Å². The summed E-state index contributed by atoms with van der Waals surface area (Å²) >= 11 is 0.